The maximum Gasteiger partial charge on any atom is 0.243 e. The molecule has 5 nitrogen and oxygen atoms in total. The molecule has 2 aromatic carbocycles. The molecule has 2 amide bonds. The molecule has 6 heteroatoms. The van der Waals surface area contributed by atoms with Gasteiger partial charge in [-0.2, -0.15) is 0 Å². The number of hydrogen-bond acceptors (Lipinski definition) is 4. The first-order chi connectivity index (χ1) is 12.5. The second kappa shape index (κ2) is 8.27. The van der Waals surface area contributed by atoms with Gasteiger partial charge in [-0.25, -0.2) is 0 Å². The SMILES string of the molecule is CC[C@@H]1CN(CC(=O)Nc2ccc(NC(C)=O)cc2)c2ccccc2S1. The van der Waals surface area contributed by atoms with Crippen molar-refractivity contribution in [3.63, 3.8) is 0 Å². The number of nitrogens with zero attached hydrogens (tertiary/aromatic N) is 1. The maximum atomic E-state index is 12.5. The van der Waals surface area contributed by atoms with E-state index in [1.165, 1.54) is 11.8 Å². The van der Waals surface area contributed by atoms with E-state index in [0.717, 1.165) is 24.3 Å². The van der Waals surface area contributed by atoms with E-state index in [0.29, 0.717) is 17.5 Å². The molecule has 136 valence electrons. The summed E-state index contributed by atoms with van der Waals surface area (Å²) < 4.78 is 0. The Bertz CT molecular complexity index is 792. The third-order valence-corrected chi connectivity index (χ3v) is 5.62. The monoisotopic (exact) mass is 369 g/mol. The van der Waals surface area contributed by atoms with Crippen molar-refractivity contribution >= 4 is 40.6 Å². The molecule has 2 N–H and O–H groups in total. The zero-order chi connectivity index (χ0) is 18.5. The normalized spacial score (nSPS) is 15.9. The molecule has 0 saturated carbocycles. The minimum Gasteiger partial charge on any atom is -0.360 e. The molecule has 0 aliphatic carbocycles. The number of benzene rings is 2. The van der Waals surface area contributed by atoms with Gasteiger partial charge in [0.25, 0.3) is 0 Å². The first-order valence-corrected chi connectivity index (χ1v) is 9.61. The minimum atomic E-state index is -0.117. The Morgan fingerprint density at radius 2 is 1.73 bits per heavy atom. The fraction of sp³-hybridized carbons (Fsp3) is 0.300. The third-order valence-electron chi connectivity index (χ3n) is 4.20. The number of hydrogen-bond donors (Lipinski definition) is 2. The summed E-state index contributed by atoms with van der Waals surface area (Å²) in [6, 6.07) is 15.4. The second-order valence-corrected chi connectivity index (χ2v) is 7.65. The zero-order valence-electron chi connectivity index (χ0n) is 15.0. The van der Waals surface area contributed by atoms with E-state index in [1.807, 2.05) is 23.9 Å². The summed E-state index contributed by atoms with van der Waals surface area (Å²) in [4.78, 5) is 27.0. The smallest absolute Gasteiger partial charge is 0.243 e. The number of carbonyl (C=O) groups excluding carboxylic acids is 2. The fourth-order valence-electron chi connectivity index (χ4n) is 2.96. The molecule has 26 heavy (non-hydrogen) atoms. The van der Waals surface area contributed by atoms with Crippen molar-refractivity contribution in [2.75, 3.05) is 28.6 Å². The number of fused-ring (bicyclic) bond motifs is 1. The van der Waals surface area contributed by atoms with Crippen LogP contribution in [0, 0.1) is 0 Å². The van der Waals surface area contributed by atoms with Gasteiger partial charge in [-0.1, -0.05) is 19.1 Å². The van der Waals surface area contributed by atoms with Gasteiger partial charge < -0.3 is 15.5 Å². The van der Waals surface area contributed by atoms with E-state index >= 15 is 0 Å². The summed E-state index contributed by atoms with van der Waals surface area (Å²) in [6.45, 7) is 4.84. The van der Waals surface area contributed by atoms with Crippen molar-refractivity contribution in [2.45, 2.75) is 30.4 Å². The number of anilines is 3. The maximum absolute atomic E-state index is 12.5. The van der Waals surface area contributed by atoms with Crippen LogP contribution in [0.4, 0.5) is 17.1 Å². The highest BCUT2D eigenvalue weighted by molar-refractivity contribution is 8.00. The lowest BCUT2D eigenvalue weighted by Crippen LogP contribution is -2.40. The molecule has 0 saturated heterocycles. The quantitative estimate of drug-likeness (QED) is 0.837. The molecular formula is C20H23N3O2S. The summed E-state index contributed by atoms with van der Waals surface area (Å²) in [5.74, 6) is -0.164. The Morgan fingerprint density at radius 3 is 2.38 bits per heavy atom. The lowest BCUT2D eigenvalue weighted by Gasteiger charge is -2.34. The molecule has 0 bridgehead atoms. The van der Waals surface area contributed by atoms with Crippen molar-refractivity contribution < 1.29 is 9.59 Å². The molecule has 1 aliphatic heterocycles. The van der Waals surface area contributed by atoms with Crippen molar-refractivity contribution in [2.24, 2.45) is 0 Å². The van der Waals surface area contributed by atoms with Crippen LogP contribution in [0.5, 0.6) is 0 Å². The van der Waals surface area contributed by atoms with E-state index in [1.54, 1.807) is 24.3 Å². The average molecular weight is 369 g/mol. The molecule has 3 rings (SSSR count). The number of carbonyl (C=O) groups is 2. The van der Waals surface area contributed by atoms with Crippen LogP contribution in [0.3, 0.4) is 0 Å². The van der Waals surface area contributed by atoms with E-state index in [2.05, 4.69) is 34.6 Å². The molecule has 0 radical (unpaired) electrons. The number of amides is 2. The Morgan fingerprint density at radius 1 is 1.08 bits per heavy atom. The van der Waals surface area contributed by atoms with E-state index in [9.17, 15) is 9.59 Å². The van der Waals surface area contributed by atoms with Crippen LogP contribution < -0.4 is 15.5 Å². The van der Waals surface area contributed by atoms with Gasteiger partial charge in [0.05, 0.1) is 12.2 Å². The highest BCUT2D eigenvalue weighted by Crippen LogP contribution is 2.39. The molecule has 0 spiro atoms. The van der Waals surface area contributed by atoms with Gasteiger partial charge in [-0.15, -0.1) is 11.8 Å². The summed E-state index contributed by atoms with van der Waals surface area (Å²) in [7, 11) is 0. The lowest BCUT2D eigenvalue weighted by atomic mass is 10.2. The summed E-state index contributed by atoms with van der Waals surface area (Å²) in [5.41, 5.74) is 2.55. The fourth-order valence-corrected chi connectivity index (χ4v) is 4.21. The second-order valence-electron chi connectivity index (χ2n) is 6.30. The van der Waals surface area contributed by atoms with Crippen LogP contribution in [0.2, 0.25) is 0 Å². The van der Waals surface area contributed by atoms with Crippen molar-refractivity contribution in [3.8, 4) is 0 Å². The molecule has 0 fully saturated rings. The van der Waals surface area contributed by atoms with Crippen LogP contribution in [-0.2, 0) is 9.59 Å². The lowest BCUT2D eigenvalue weighted by molar-refractivity contribution is -0.115. The van der Waals surface area contributed by atoms with Gasteiger partial charge in [-0.3, -0.25) is 9.59 Å². The van der Waals surface area contributed by atoms with Crippen LogP contribution in [0.1, 0.15) is 20.3 Å². The van der Waals surface area contributed by atoms with Gasteiger partial charge in [-0.05, 0) is 42.8 Å². The third kappa shape index (κ3) is 4.58. The molecule has 0 unspecified atom stereocenters. The predicted octanol–water partition coefficient (Wildman–Crippen LogP) is 3.97. The Kier molecular flexibility index (Phi) is 5.83. The number of nitrogens with one attached hydrogen (secondary N) is 2. The van der Waals surface area contributed by atoms with Crippen molar-refractivity contribution in [1.29, 1.82) is 0 Å². The van der Waals surface area contributed by atoms with Gasteiger partial charge >= 0.3 is 0 Å². The molecular weight excluding hydrogens is 346 g/mol. The predicted molar refractivity (Wildman–Crippen MR) is 108 cm³/mol. The standard InChI is InChI=1S/C20H23N3O2S/c1-3-17-12-23(18-6-4-5-7-19(18)26-17)13-20(25)22-16-10-8-15(9-11-16)21-14(2)24/h4-11,17H,3,12-13H2,1-2H3,(H,21,24)(H,22,25)/t17-/m1/s1. The first kappa shape index (κ1) is 18.3. The van der Waals surface area contributed by atoms with Crippen molar-refractivity contribution in [1.82, 2.24) is 0 Å². The van der Waals surface area contributed by atoms with Crippen LogP contribution in [0.15, 0.2) is 53.4 Å². The Balaban J connectivity index is 1.65. The molecule has 0 aromatic heterocycles. The van der Waals surface area contributed by atoms with Crippen LogP contribution in [-0.4, -0.2) is 30.2 Å². The first-order valence-electron chi connectivity index (χ1n) is 8.73. The average Bonchev–Trinajstić information content (AvgIpc) is 2.62. The Labute approximate surface area is 158 Å². The molecule has 1 heterocycles. The largest absolute Gasteiger partial charge is 0.360 e. The summed E-state index contributed by atoms with van der Waals surface area (Å²) >= 11 is 1.89. The van der Waals surface area contributed by atoms with Crippen LogP contribution in [0.25, 0.3) is 0 Å². The number of rotatable bonds is 5. The summed E-state index contributed by atoms with van der Waals surface area (Å²) in [6.07, 6.45) is 1.07. The molecule has 2 aromatic rings. The summed E-state index contributed by atoms with van der Waals surface area (Å²) in [5, 5.41) is 6.14. The zero-order valence-corrected chi connectivity index (χ0v) is 15.8. The molecule has 1 atom stereocenters. The number of thioether (sulfide) groups is 1. The Hall–Kier alpha value is -2.47. The minimum absolute atomic E-state index is 0.0474. The van der Waals surface area contributed by atoms with E-state index in [-0.39, 0.29) is 11.8 Å². The molecule has 1 aliphatic rings. The van der Waals surface area contributed by atoms with Gasteiger partial charge in [0.2, 0.25) is 11.8 Å². The van der Waals surface area contributed by atoms with Gasteiger partial charge in [0.15, 0.2) is 0 Å². The van der Waals surface area contributed by atoms with Gasteiger partial charge in [0.1, 0.15) is 0 Å². The number of para-hydroxylation sites is 1. The highest BCUT2D eigenvalue weighted by atomic mass is 32.2. The van der Waals surface area contributed by atoms with E-state index in [4.69, 9.17) is 0 Å². The topological polar surface area (TPSA) is 61.4 Å². The van der Waals surface area contributed by atoms with E-state index < -0.39 is 0 Å². The van der Waals surface area contributed by atoms with Gasteiger partial charge in [0, 0.05) is 35.0 Å². The highest BCUT2D eigenvalue weighted by Gasteiger charge is 2.25. The van der Waals surface area contributed by atoms with Crippen molar-refractivity contribution in [3.05, 3.63) is 48.5 Å². The van der Waals surface area contributed by atoms with Crippen LogP contribution >= 0.6 is 11.8 Å².